The number of nitro groups is 1. The zero-order valence-electron chi connectivity index (χ0n) is 5.07. The highest BCUT2D eigenvalue weighted by Crippen LogP contribution is 2.15. The molecule has 0 bridgehead atoms. The van der Waals surface area contributed by atoms with Gasteiger partial charge in [0.25, 0.3) is 5.70 Å². The van der Waals surface area contributed by atoms with Gasteiger partial charge in [0.2, 0.25) is 0 Å². The van der Waals surface area contributed by atoms with Gasteiger partial charge < -0.3 is 4.90 Å². The molecule has 0 aromatic heterocycles. The SMILES string of the molecule is CN1[CH]CC([N+](=O)[O-])=C1. The Kier molecular flexibility index (Phi) is 1.38. The molecule has 1 heterocycles. The van der Waals surface area contributed by atoms with Gasteiger partial charge in [-0.15, -0.1) is 0 Å². The minimum absolute atomic E-state index is 0.262. The van der Waals surface area contributed by atoms with Crippen LogP contribution in [0, 0.1) is 16.7 Å². The summed E-state index contributed by atoms with van der Waals surface area (Å²) in [4.78, 5) is 11.4. The molecule has 4 nitrogen and oxygen atoms in total. The number of nitrogens with zero attached hydrogens (tertiary/aromatic N) is 2. The molecule has 1 aliphatic rings. The summed E-state index contributed by atoms with van der Waals surface area (Å²) in [7, 11) is 1.77. The zero-order valence-corrected chi connectivity index (χ0v) is 5.07. The van der Waals surface area contributed by atoms with E-state index in [1.54, 1.807) is 18.5 Å². The van der Waals surface area contributed by atoms with E-state index in [0.717, 1.165) is 0 Å². The Labute approximate surface area is 52.9 Å². The van der Waals surface area contributed by atoms with Crippen LogP contribution in [0.15, 0.2) is 11.9 Å². The topological polar surface area (TPSA) is 46.4 Å². The molecule has 0 atom stereocenters. The fourth-order valence-electron chi connectivity index (χ4n) is 0.700. The molecule has 0 aromatic rings. The quantitative estimate of drug-likeness (QED) is 0.382. The Morgan fingerprint density at radius 1 is 1.89 bits per heavy atom. The maximum Gasteiger partial charge on any atom is 0.264 e. The number of hydrogen-bond donors (Lipinski definition) is 0. The first-order valence-electron chi connectivity index (χ1n) is 2.60. The van der Waals surface area contributed by atoms with E-state index in [1.165, 1.54) is 6.20 Å². The third-order valence-corrected chi connectivity index (χ3v) is 1.18. The van der Waals surface area contributed by atoms with Crippen LogP contribution in [-0.2, 0) is 0 Å². The van der Waals surface area contributed by atoms with Crippen molar-refractivity contribution in [1.29, 1.82) is 0 Å². The standard InChI is InChI=1S/C5H7N2O2/c1-6-3-2-5(4-6)7(8)9/h3-4H,2H2,1H3. The summed E-state index contributed by atoms with van der Waals surface area (Å²) in [6.07, 6.45) is 1.96. The molecule has 1 rings (SSSR count). The van der Waals surface area contributed by atoms with E-state index in [-0.39, 0.29) is 10.6 Å². The van der Waals surface area contributed by atoms with Crippen molar-refractivity contribution in [2.45, 2.75) is 6.42 Å². The van der Waals surface area contributed by atoms with Gasteiger partial charge in [-0.1, -0.05) is 0 Å². The molecular formula is C5H7N2O2. The van der Waals surface area contributed by atoms with Crippen LogP contribution in [0.2, 0.25) is 0 Å². The first-order valence-corrected chi connectivity index (χ1v) is 2.60. The molecule has 0 N–H and O–H groups in total. The molecule has 0 aliphatic carbocycles. The lowest BCUT2D eigenvalue weighted by atomic mass is 10.4. The third-order valence-electron chi connectivity index (χ3n) is 1.18. The van der Waals surface area contributed by atoms with Crippen molar-refractivity contribution in [1.82, 2.24) is 4.90 Å². The van der Waals surface area contributed by atoms with Gasteiger partial charge in [0.05, 0.1) is 24.1 Å². The molecule has 49 valence electrons. The van der Waals surface area contributed by atoms with Crippen LogP contribution in [0.5, 0.6) is 0 Å². The van der Waals surface area contributed by atoms with Crippen LogP contribution in [0.1, 0.15) is 6.42 Å². The van der Waals surface area contributed by atoms with Gasteiger partial charge in [-0.25, -0.2) is 0 Å². The van der Waals surface area contributed by atoms with Gasteiger partial charge in [-0.05, 0) is 0 Å². The Hall–Kier alpha value is -1.06. The molecule has 4 heteroatoms. The van der Waals surface area contributed by atoms with Gasteiger partial charge >= 0.3 is 0 Å². The fourth-order valence-corrected chi connectivity index (χ4v) is 0.700. The van der Waals surface area contributed by atoms with E-state index < -0.39 is 0 Å². The predicted molar refractivity (Wildman–Crippen MR) is 31.8 cm³/mol. The van der Waals surface area contributed by atoms with Crippen LogP contribution < -0.4 is 0 Å². The lowest BCUT2D eigenvalue weighted by molar-refractivity contribution is -0.426. The second-order valence-electron chi connectivity index (χ2n) is 1.93. The predicted octanol–water partition coefficient (Wildman–Crippen LogP) is 0.602. The van der Waals surface area contributed by atoms with Crippen LogP contribution in [0.3, 0.4) is 0 Å². The second kappa shape index (κ2) is 2.05. The first-order chi connectivity index (χ1) is 4.20. The Morgan fingerprint density at radius 2 is 2.56 bits per heavy atom. The van der Waals surface area contributed by atoms with Crippen molar-refractivity contribution in [2.24, 2.45) is 0 Å². The van der Waals surface area contributed by atoms with Gasteiger partial charge in [0.1, 0.15) is 0 Å². The smallest absolute Gasteiger partial charge is 0.264 e. The summed E-state index contributed by atoms with van der Waals surface area (Å²) < 4.78 is 0. The van der Waals surface area contributed by atoms with Crippen molar-refractivity contribution >= 4 is 0 Å². The van der Waals surface area contributed by atoms with E-state index >= 15 is 0 Å². The first kappa shape index (κ1) is 6.07. The summed E-state index contributed by atoms with van der Waals surface area (Å²) in [5, 5.41) is 10.0. The molecule has 0 saturated heterocycles. The van der Waals surface area contributed by atoms with Gasteiger partial charge in [0, 0.05) is 7.05 Å². The van der Waals surface area contributed by atoms with Crippen LogP contribution >= 0.6 is 0 Å². The summed E-state index contributed by atoms with van der Waals surface area (Å²) in [6, 6.07) is 0. The largest absolute Gasteiger partial charge is 0.370 e. The average Bonchev–Trinajstić information content (AvgIpc) is 2.14. The maximum absolute atomic E-state index is 10.0. The van der Waals surface area contributed by atoms with Crippen LogP contribution in [0.25, 0.3) is 0 Å². The third kappa shape index (κ3) is 1.19. The lowest BCUT2D eigenvalue weighted by Crippen LogP contribution is -1.98. The maximum atomic E-state index is 10.0. The summed E-state index contributed by atoms with van der Waals surface area (Å²) in [6.45, 7) is 1.76. The highest BCUT2D eigenvalue weighted by Gasteiger charge is 2.18. The lowest BCUT2D eigenvalue weighted by Gasteiger charge is -1.99. The minimum atomic E-state index is -0.361. The van der Waals surface area contributed by atoms with Gasteiger partial charge in [-0.3, -0.25) is 10.1 Å². The molecule has 0 amide bonds. The molecule has 9 heavy (non-hydrogen) atoms. The summed E-state index contributed by atoms with van der Waals surface area (Å²) >= 11 is 0. The van der Waals surface area contributed by atoms with Crippen LogP contribution in [-0.4, -0.2) is 16.9 Å². The van der Waals surface area contributed by atoms with E-state index in [0.29, 0.717) is 6.42 Å². The highest BCUT2D eigenvalue weighted by atomic mass is 16.6. The Balaban J connectivity index is 2.62. The highest BCUT2D eigenvalue weighted by molar-refractivity contribution is 5.03. The van der Waals surface area contributed by atoms with E-state index in [1.807, 2.05) is 0 Å². The van der Waals surface area contributed by atoms with Crippen molar-refractivity contribution < 1.29 is 4.92 Å². The number of hydrogen-bond acceptors (Lipinski definition) is 3. The van der Waals surface area contributed by atoms with Crippen molar-refractivity contribution in [2.75, 3.05) is 7.05 Å². The molecular weight excluding hydrogens is 120 g/mol. The Bertz CT molecular complexity index is 164. The molecule has 0 spiro atoms. The van der Waals surface area contributed by atoms with E-state index in [4.69, 9.17) is 0 Å². The normalized spacial score (nSPS) is 17.9. The molecule has 0 unspecified atom stereocenters. The monoisotopic (exact) mass is 127 g/mol. The molecule has 1 aliphatic heterocycles. The molecule has 0 saturated carbocycles. The molecule has 0 aromatic carbocycles. The average molecular weight is 127 g/mol. The van der Waals surface area contributed by atoms with Crippen LogP contribution in [0.4, 0.5) is 0 Å². The summed E-state index contributed by atoms with van der Waals surface area (Å²) in [5.41, 5.74) is 0.262. The second-order valence-corrected chi connectivity index (χ2v) is 1.93. The number of rotatable bonds is 1. The fraction of sp³-hybridized carbons (Fsp3) is 0.400. The van der Waals surface area contributed by atoms with E-state index in [9.17, 15) is 10.1 Å². The summed E-state index contributed by atoms with van der Waals surface area (Å²) in [5.74, 6) is 0. The zero-order chi connectivity index (χ0) is 6.85. The molecule has 1 radical (unpaired) electrons. The van der Waals surface area contributed by atoms with Crippen molar-refractivity contribution in [3.63, 3.8) is 0 Å². The molecule has 0 fully saturated rings. The van der Waals surface area contributed by atoms with Gasteiger partial charge in [0.15, 0.2) is 0 Å². The van der Waals surface area contributed by atoms with Gasteiger partial charge in [-0.2, -0.15) is 0 Å². The Morgan fingerprint density at radius 3 is 2.78 bits per heavy atom. The van der Waals surface area contributed by atoms with E-state index in [2.05, 4.69) is 0 Å². The van der Waals surface area contributed by atoms with Crippen molar-refractivity contribution in [3.05, 3.63) is 28.6 Å². The minimum Gasteiger partial charge on any atom is -0.370 e. The van der Waals surface area contributed by atoms with Crippen molar-refractivity contribution in [3.8, 4) is 0 Å².